The zero-order valence-electron chi connectivity index (χ0n) is 10.5. The molecule has 4 N–H and O–H groups in total. The molecular weight excluding hydrogens is 264 g/mol. The van der Waals surface area contributed by atoms with Crippen LogP contribution in [-0.4, -0.2) is 38.8 Å². The first-order chi connectivity index (χ1) is 9.13. The van der Waals surface area contributed by atoms with Crippen molar-refractivity contribution in [2.75, 3.05) is 18.1 Å². The summed E-state index contributed by atoms with van der Waals surface area (Å²) < 4.78 is 5.45. The third-order valence-electron chi connectivity index (χ3n) is 2.30. The predicted molar refractivity (Wildman–Crippen MR) is 74.2 cm³/mol. The molecule has 1 unspecified atom stereocenters. The molecule has 102 valence electrons. The fraction of sp³-hybridized carbons (Fsp3) is 0.333. The number of H-pyrrole nitrogens is 1. The van der Waals surface area contributed by atoms with Gasteiger partial charge in [-0.05, 0) is 31.2 Å². The Morgan fingerprint density at radius 1 is 1.42 bits per heavy atom. The summed E-state index contributed by atoms with van der Waals surface area (Å²) in [4.78, 5) is 4.14. The minimum Gasteiger partial charge on any atom is -0.491 e. The van der Waals surface area contributed by atoms with Crippen LogP contribution in [0.15, 0.2) is 29.4 Å². The number of nitrogens with zero attached hydrogens (tertiary/aromatic N) is 2. The Morgan fingerprint density at radius 3 is 2.79 bits per heavy atom. The number of rotatable bonds is 6. The van der Waals surface area contributed by atoms with Crippen LogP contribution in [0.4, 0.5) is 5.69 Å². The molecule has 0 saturated heterocycles. The van der Waals surface area contributed by atoms with E-state index in [0.717, 1.165) is 5.82 Å². The molecule has 0 radical (unpaired) electrons. The van der Waals surface area contributed by atoms with Crippen molar-refractivity contribution in [1.82, 2.24) is 15.2 Å². The van der Waals surface area contributed by atoms with Crippen molar-refractivity contribution in [2.24, 2.45) is 0 Å². The van der Waals surface area contributed by atoms with Crippen LogP contribution in [0.25, 0.3) is 0 Å². The highest BCUT2D eigenvalue weighted by Crippen LogP contribution is 2.16. The van der Waals surface area contributed by atoms with Gasteiger partial charge in [0, 0.05) is 11.4 Å². The van der Waals surface area contributed by atoms with E-state index in [1.165, 1.54) is 11.8 Å². The van der Waals surface area contributed by atoms with E-state index < -0.39 is 6.10 Å². The Kier molecular flexibility index (Phi) is 4.64. The number of nitrogens with one attached hydrogen (secondary N) is 1. The lowest BCUT2D eigenvalue weighted by Crippen LogP contribution is -2.20. The van der Waals surface area contributed by atoms with Gasteiger partial charge in [-0.15, -0.1) is 5.10 Å². The second kappa shape index (κ2) is 6.44. The molecular formula is C12H16N4O2S. The molecule has 0 spiro atoms. The number of nitrogen functional groups attached to an aromatic ring is 1. The second-order valence-electron chi connectivity index (χ2n) is 4.05. The summed E-state index contributed by atoms with van der Waals surface area (Å²) in [6.07, 6.45) is -0.582. The van der Waals surface area contributed by atoms with Crippen molar-refractivity contribution in [2.45, 2.75) is 18.2 Å². The second-order valence-corrected chi connectivity index (χ2v) is 5.04. The maximum atomic E-state index is 9.80. The SMILES string of the molecule is Cc1nc(SCC(O)COc2ccc(N)cc2)n[nH]1. The minimum absolute atomic E-state index is 0.223. The summed E-state index contributed by atoms with van der Waals surface area (Å²) in [6.45, 7) is 2.05. The van der Waals surface area contributed by atoms with E-state index in [0.29, 0.717) is 22.3 Å². The fourth-order valence-corrected chi connectivity index (χ4v) is 2.11. The first-order valence-corrected chi connectivity index (χ1v) is 6.80. The van der Waals surface area contributed by atoms with Crippen molar-refractivity contribution >= 4 is 17.4 Å². The first-order valence-electron chi connectivity index (χ1n) is 5.81. The van der Waals surface area contributed by atoms with Gasteiger partial charge < -0.3 is 15.6 Å². The van der Waals surface area contributed by atoms with Gasteiger partial charge in [-0.1, -0.05) is 11.8 Å². The highest BCUT2D eigenvalue weighted by molar-refractivity contribution is 7.99. The monoisotopic (exact) mass is 280 g/mol. The average molecular weight is 280 g/mol. The van der Waals surface area contributed by atoms with Crippen molar-refractivity contribution in [3.63, 3.8) is 0 Å². The lowest BCUT2D eigenvalue weighted by Gasteiger charge is -2.11. The van der Waals surface area contributed by atoms with Gasteiger partial charge in [0.15, 0.2) is 0 Å². The van der Waals surface area contributed by atoms with E-state index in [2.05, 4.69) is 15.2 Å². The van der Waals surface area contributed by atoms with Crippen molar-refractivity contribution in [3.8, 4) is 5.75 Å². The van der Waals surface area contributed by atoms with E-state index in [-0.39, 0.29) is 6.61 Å². The number of benzene rings is 1. The summed E-state index contributed by atoms with van der Waals surface area (Å²) >= 11 is 1.38. The predicted octanol–water partition coefficient (Wildman–Crippen LogP) is 1.23. The van der Waals surface area contributed by atoms with Crippen molar-refractivity contribution in [3.05, 3.63) is 30.1 Å². The molecule has 7 heteroatoms. The number of aryl methyl sites for hydroxylation is 1. The molecule has 2 rings (SSSR count). The maximum Gasteiger partial charge on any atom is 0.208 e. The van der Waals surface area contributed by atoms with Gasteiger partial charge >= 0.3 is 0 Å². The lowest BCUT2D eigenvalue weighted by atomic mass is 10.3. The summed E-state index contributed by atoms with van der Waals surface area (Å²) in [7, 11) is 0. The zero-order valence-corrected chi connectivity index (χ0v) is 11.4. The van der Waals surface area contributed by atoms with E-state index in [9.17, 15) is 5.11 Å². The summed E-state index contributed by atoms with van der Waals surface area (Å²) in [6, 6.07) is 7.06. The zero-order chi connectivity index (χ0) is 13.7. The Morgan fingerprint density at radius 2 is 2.16 bits per heavy atom. The Bertz CT molecular complexity index is 515. The number of aliphatic hydroxyl groups excluding tert-OH is 1. The van der Waals surface area contributed by atoms with E-state index in [4.69, 9.17) is 10.5 Å². The smallest absolute Gasteiger partial charge is 0.208 e. The fourth-order valence-electron chi connectivity index (χ4n) is 1.36. The molecule has 1 aromatic carbocycles. The number of thioether (sulfide) groups is 1. The highest BCUT2D eigenvalue weighted by atomic mass is 32.2. The van der Waals surface area contributed by atoms with Crippen molar-refractivity contribution < 1.29 is 9.84 Å². The number of aliphatic hydroxyl groups is 1. The molecule has 0 saturated carbocycles. The quantitative estimate of drug-likeness (QED) is 0.544. The van der Waals surface area contributed by atoms with Crippen LogP contribution in [0.2, 0.25) is 0 Å². The van der Waals surface area contributed by atoms with E-state index in [1.54, 1.807) is 24.3 Å². The van der Waals surface area contributed by atoms with Crippen LogP contribution < -0.4 is 10.5 Å². The average Bonchev–Trinajstić information content (AvgIpc) is 2.81. The van der Waals surface area contributed by atoms with Crippen LogP contribution in [-0.2, 0) is 0 Å². The molecule has 1 atom stereocenters. The Hall–Kier alpha value is -1.73. The molecule has 0 aliphatic carbocycles. The molecule has 19 heavy (non-hydrogen) atoms. The number of hydrogen-bond acceptors (Lipinski definition) is 6. The molecule has 0 fully saturated rings. The lowest BCUT2D eigenvalue weighted by molar-refractivity contribution is 0.126. The molecule has 0 aliphatic rings. The first kappa shape index (κ1) is 13.7. The summed E-state index contributed by atoms with van der Waals surface area (Å²) in [5.74, 6) is 1.92. The molecule has 0 aliphatic heterocycles. The number of anilines is 1. The van der Waals surface area contributed by atoms with E-state index in [1.807, 2.05) is 6.92 Å². The normalized spacial score (nSPS) is 12.3. The molecule has 6 nitrogen and oxygen atoms in total. The van der Waals surface area contributed by atoms with Gasteiger partial charge in [0.25, 0.3) is 0 Å². The summed E-state index contributed by atoms with van der Waals surface area (Å²) in [5.41, 5.74) is 6.26. The minimum atomic E-state index is -0.582. The molecule has 1 heterocycles. The van der Waals surface area contributed by atoms with Gasteiger partial charge in [-0.25, -0.2) is 4.98 Å². The van der Waals surface area contributed by atoms with Gasteiger partial charge in [0.2, 0.25) is 5.16 Å². The van der Waals surface area contributed by atoms with E-state index >= 15 is 0 Å². The maximum absolute atomic E-state index is 9.80. The Balaban J connectivity index is 1.72. The van der Waals surface area contributed by atoms with Gasteiger partial charge in [-0.2, -0.15) is 0 Å². The number of hydrogen-bond donors (Lipinski definition) is 3. The van der Waals surface area contributed by atoms with Gasteiger partial charge in [0.1, 0.15) is 18.2 Å². The highest BCUT2D eigenvalue weighted by Gasteiger charge is 2.08. The van der Waals surface area contributed by atoms with Crippen LogP contribution in [0.1, 0.15) is 5.82 Å². The van der Waals surface area contributed by atoms with Gasteiger partial charge in [0.05, 0.1) is 6.10 Å². The van der Waals surface area contributed by atoms with Gasteiger partial charge in [-0.3, -0.25) is 5.10 Å². The van der Waals surface area contributed by atoms with Crippen LogP contribution >= 0.6 is 11.8 Å². The molecule has 1 aromatic heterocycles. The van der Waals surface area contributed by atoms with Crippen LogP contribution in [0.5, 0.6) is 5.75 Å². The topological polar surface area (TPSA) is 97.1 Å². The third-order valence-corrected chi connectivity index (χ3v) is 3.30. The molecule has 0 amide bonds. The van der Waals surface area contributed by atoms with Crippen LogP contribution in [0.3, 0.4) is 0 Å². The largest absolute Gasteiger partial charge is 0.491 e. The molecule has 2 aromatic rings. The Labute approximate surface area is 115 Å². The van der Waals surface area contributed by atoms with Crippen LogP contribution in [0, 0.1) is 6.92 Å². The number of aromatic nitrogens is 3. The summed E-state index contributed by atoms with van der Waals surface area (Å²) in [5, 5.41) is 17.2. The molecule has 0 bridgehead atoms. The third kappa shape index (κ3) is 4.46. The van der Waals surface area contributed by atoms with Crippen molar-refractivity contribution in [1.29, 1.82) is 0 Å². The standard InChI is InChI=1S/C12H16N4O2S/c1-8-14-12(16-15-8)19-7-10(17)6-18-11-4-2-9(13)3-5-11/h2-5,10,17H,6-7,13H2,1H3,(H,14,15,16). The number of ether oxygens (including phenoxy) is 1. The number of nitrogens with two attached hydrogens (primary N) is 1. The number of aromatic amines is 1.